The van der Waals surface area contributed by atoms with Crippen LogP contribution in [-0.2, 0) is 16.0 Å². The maximum Gasteiger partial charge on any atom is 0.233 e. The minimum absolute atomic E-state index is 0.281. The van der Waals surface area contributed by atoms with Crippen LogP contribution in [0.3, 0.4) is 0 Å². The van der Waals surface area contributed by atoms with Crippen molar-refractivity contribution < 1.29 is 9.59 Å². The van der Waals surface area contributed by atoms with E-state index in [1.54, 1.807) is 12.1 Å². The van der Waals surface area contributed by atoms with Gasteiger partial charge in [0.05, 0.1) is 10.7 Å². The number of rotatable bonds is 6. The minimum Gasteiger partial charge on any atom is -0.361 e. The molecule has 0 atom stereocenters. The van der Waals surface area contributed by atoms with E-state index in [0.29, 0.717) is 28.7 Å². The van der Waals surface area contributed by atoms with Crippen LogP contribution in [0.25, 0.3) is 10.9 Å². The second-order valence-corrected chi connectivity index (χ2v) is 6.65. The van der Waals surface area contributed by atoms with Gasteiger partial charge in [-0.25, -0.2) is 0 Å². The zero-order valence-electron chi connectivity index (χ0n) is 13.8. The normalized spacial score (nSPS) is 10.7. The first-order valence-electron chi connectivity index (χ1n) is 8.09. The number of para-hydroxylation sites is 1. The highest BCUT2D eigenvalue weighted by atomic mass is 35.5. The molecule has 0 saturated heterocycles. The van der Waals surface area contributed by atoms with Crippen molar-refractivity contribution in [1.82, 2.24) is 10.3 Å². The van der Waals surface area contributed by atoms with Gasteiger partial charge in [-0.1, -0.05) is 41.4 Å². The van der Waals surface area contributed by atoms with E-state index >= 15 is 0 Å². The number of carbonyl (C=O) groups excluding carboxylic acids is 2. The molecule has 0 radical (unpaired) electrons. The monoisotopic (exact) mass is 389 g/mol. The molecule has 2 aromatic carbocycles. The summed E-state index contributed by atoms with van der Waals surface area (Å²) in [6.45, 7) is 0.450. The molecule has 0 spiro atoms. The summed E-state index contributed by atoms with van der Waals surface area (Å²) in [4.78, 5) is 27.1. The van der Waals surface area contributed by atoms with Crippen molar-refractivity contribution in [2.24, 2.45) is 0 Å². The number of nitrogens with one attached hydrogen (secondary N) is 3. The standard InChI is InChI=1S/C19H17Cl2N3O2/c20-13-5-6-15(21)17(9-13)24-19(26)10-18(25)22-8-7-12-11-23-16-4-2-1-3-14(12)16/h1-6,9,11,23H,7-8,10H2,(H,22,25)(H,24,26). The number of H-pyrrole nitrogens is 1. The molecule has 7 heteroatoms. The fourth-order valence-corrected chi connectivity index (χ4v) is 3.01. The maximum atomic E-state index is 12.0. The third-order valence-electron chi connectivity index (χ3n) is 3.92. The van der Waals surface area contributed by atoms with Crippen molar-refractivity contribution in [3.05, 3.63) is 64.3 Å². The average Bonchev–Trinajstić information content (AvgIpc) is 3.01. The molecule has 0 aliphatic rings. The highest BCUT2D eigenvalue weighted by Crippen LogP contribution is 2.25. The number of hydrogen-bond acceptors (Lipinski definition) is 2. The summed E-state index contributed by atoms with van der Waals surface area (Å²) in [5.74, 6) is -0.792. The molecule has 0 bridgehead atoms. The SMILES string of the molecule is O=C(CC(=O)Nc1cc(Cl)ccc1Cl)NCCc1c[nH]c2ccccc12. The number of carbonyl (C=O) groups is 2. The van der Waals surface area contributed by atoms with Gasteiger partial charge in [-0.05, 0) is 36.2 Å². The van der Waals surface area contributed by atoms with Gasteiger partial charge in [0.15, 0.2) is 0 Å². The first kappa shape index (κ1) is 18.3. The number of benzene rings is 2. The number of aromatic amines is 1. The van der Waals surface area contributed by atoms with Crippen molar-refractivity contribution in [3.8, 4) is 0 Å². The number of anilines is 1. The zero-order valence-corrected chi connectivity index (χ0v) is 15.3. The van der Waals surface area contributed by atoms with Gasteiger partial charge in [0.2, 0.25) is 11.8 Å². The van der Waals surface area contributed by atoms with Gasteiger partial charge >= 0.3 is 0 Å². The maximum absolute atomic E-state index is 12.0. The number of aromatic nitrogens is 1. The Morgan fingerprint density at radius 1 is 1.04 bits per heavy atom. The summed E-state index contributed by atoms with van der Waals surface area (Å²) in [7, 11) is 0. The van der Waals surface area contributed by atoms with Crippen LogP contribution in [0.2, 0.25) is 10.0 Å². The van der Waals surface area contributed by atoms with E-state index in [1.807, 2.05) is 30.5 Å². The summed E-state index contributed by atoms with van der Waals surface area (Å²) in [5.41, 5.74) is 2.57. The van der Waals surface area contributed by atoms with E-state index in [4.69, 9.17) is 23.2 Å². The molecule has 0 unspecified atom stereocenters. The van der Waals surface area contributed by atoms with Crippen LogP contribution in [0.5, 0.6) is 0 Å². The second-order valence-electron chi connectivity index (χ2n) is 5.81. The molecule has 1 heterocycles. The predicted molar refractivity (Wildman–Crippen MR) is 105 cm³/mol. The largest absolute Gasteiger partial charge is 0.361 e. The molecule has 26 heavy (non-hydrogen) atoms. The molecule has 5 nitrogen and oxygen atoms in total. The Hall–Kier alpha value is -2.50. The van der Waals surface area contributed by atoms with Crippen molar-refractivity contribution in [2.75, 3.05) is 11.9 Å². The van der Waals surface area contributed by atoms with Gasteiger partial charge in [-0.3, -0.25) is 9.59 Å². The molecule has 134 valence electrons. The summed E-state index contributed by atoms with van der Waals surface area (Å²) in [5, 5.41) is 7.29. The molecule has 2 amide bonds. The van der Waals surface area contributed by atoms with Crippen LogP contribution < -0.4 is 10.6 Å². The van der Waals surface area contributed by atoms with E-state index in [2.05, 4.69) is 15.6 Å². The first-order chi connectivity index (χ1) is 12.5. The van der Waals surface area contributed by atoms with Gasteiger partial charge in [-0.15, -0.1) is 0 Å². The third-order valence-corrected chi connectivity index (χ3v) is 4.48. The fourth-order valence-electron chi connectivity index (χ4n) is 2.67. The van der Waals surface area contributed by atoms with Crippen molar-refractivity contribution in [1.29, 1.82) is 0 Å². The van der Waals surface area contributed by atoms with Crippen LogP contribution >= 0.6 is 23.2 Å². The molecule has 0 aliphatic carbocycles. The Kier molecular flexibility index (Phi) is 5.81. The van der Waals surface area contributed by atoms with Gasteiger partial charge in [0.1, 0.15) is 6.42 Å². The van der Waals surface area contributed by atoms with Crippen LogP contribution in [0.4, 0.5) is 5.69 Å². The molecule has 3 aromatic rings. The molecule has 0 fully saturated rings. The molecule has 0 aliphatic heterocycles. The molecule has 0 saturated carbocycles. The van der Waals surface area contributed by atoms with E-state index in [1.165, 1.54) is 6.07 Å². The molecule has 3 N–H and O–H groups in total. The highest BCUT2D eigenvalue weighted by Gasteiger charge is 2.12. The van der Waals surface area contributed by atoms with Crippen LogP contribution in [-0.4, -0.2) is 23.3 Å². The van der Waals surface area contributed by atoms with Gasteiger partial charge < -0.3 is 15.6 Å². The van der Waals surface area contributed by atoms with Crippen molar-refractivity contribution in [2.45, 2.75) is 12.8 Å². The predicted octanol–water partition coefficient (Wildman–Crippen LogP) is 4.16. The summed E-state index contributed by atoms with van der Waals surface area (Å²) in [6, 6.07) is 12.7. The Labute approximate surface area is 160 Å². The number of fused-ring (bicyclic) bond motifs is 1. The van der Waals surface area contributed by atoms with E-state index in [-0.39, 0.29) is 12.3 Å². The van der Waals surface area contributed by atoms with Crippen LogP contribution in [0.15, 0.2) is 48.7 Å². The lowest BCUT2D eigenvalue weighted by Crippen LogP contribution is -2.29. The van der Waals surface area contributed by atoms with Crippen molar-refractivity contribution in [3.63, 3.8) is 0 Å². The molecule has 3 rings (SSSR count). The number of halogens is 2. The zero-order chi connectivity index (χ0) is 18.5. The Morgan fingerprint density at radius 2 is 1.85 bits per heavy atom. The van der Waals surface area contributed by atoms with Gasteiger partial charge in [0.25, 0.3) is 0 Å². The lowest BCUT2D eigenvalue weighted by molar-refractivity contribution is -0.126. The molecular weight excluding hydrogens is 373 g/mol. The Morgan fingerprint density at radius 3 is 2.69 bits per heavy atom. The first-order valence-corrected chi connectivity index (χ1v) is 8.85. The Bertz CT molecular complexity index is 953. The van der Waals surface area contributed by atoms with Crippen LogP contribution in [0, 0.1) is 0 Å². The van der Waals surface area contributed by atoms with Gasteiger partial charge in [0, 0.05) is 28.7 Å². The smallest absolute Gasteiger partial charge is 0.233 e. The topological polar surface area (TPSA) is 74.0 Å². The fraction of sp³-hybridized carbons (Fsp3) is 0.158. The lowest BCUT2D eigenvalue weighted by atomic mass is 10.1. The van der Waals surface area contributed by atoms with Crippen molar-refractivity contribution >= 4 is 51.6 Å². The minimum atomic E-state index is -0.446. The summed E-state index contributed by atoms with van der Waals surface area (Å²) < 4.78 is 0. The lowest BCUT2D eigenvalue weighted by Gasteiger charge is -2.08. The van der Waals surface area contributed by atoms with Gasteiger partial charge in [-0.2, -0.15) is 0 Å². The number of hydrogen-bond donors (Lipinski definition) is 3. The average molecular weight is 390 g/mol. The highest BCUT2D eigenvalue weighted by molar-refractivity contribution is 6.35. The van der Waals surface area contributed by atoms with E-state index in [9.17, 15) is 9.59 Å². The summed E-state index contributed by atoms with van der Waals surface area (Å²) in [6.07, 6.45) is 2.33. The summed E-state index contributed by atoms with van der Waals surface area (Å²) >= 11 is 11.9. The molecule has 1 aromatic heterocycles. The second kappa shape index (κ2) is 8.25. The van der Waals surface area contributed by atoms with E-state index in [0.717, 1.165) is 16.5 Å². The molecular formula is C19H17Cl2N3O2. The Balaban J connectivity index is 1.48. The van der Waals surface area contributed by atoms with Crippen LogP contribution in [0.1, 0.15) is 12.0 Å². The quantitative estimate of drug-likeness (QED) is 0.553. The third kappa shape index (κ3) is 4.56. The van der Waals surface area contributed by atoms with E-state index < -0.39 is 5.91 Å². The number of amides is 2.